The standard InChI is InChI=1S/C51H57N3O8/c1-3-27-59-51-46(54(2)50(57)36-19-17-34(33-52)18-20-36)32-44(53-62-47-16-8-11-28-58-47)42-30-38(14-6-9-25-55)41(15-7-10-26-56)48(49(42)51)43-31-40(23-24-45(43)61-51)60-39-22-21-35-12-4-5-13-37(35)29-39/h3-5,12-13,17-24,29-31,38,41,46-49,55-56H,1,6-11,14-16,25-28,32H2,2H3/t38-,41+,46-,47?,48+,49+,51+/m0/s1. The summed E-state index contributed by atoms with van der Waals surface area (Å²) < 4.78 is 27.0. The van der Waals surface area contributed by atoms with Crippen molar-refractivity contribution in [1.82, 2.24) is 4.90 Å². The van der Waals surface area contributed by atoms with Gasteiger partial charge in [0, 0.05) is 50.1 Å². The molecule has 2 aliphatic heterocycles. The van der Waals surface area contributed by atoms with Crippen LogP contribution in [-0.4, -0.2) is 78.3 Å². The fourth-order valence-corrected chi connectivity index (χ4v) is 10.1. The van der Waals surface area contributed by atoms with Crippen molar-refractivity contribution in [1.29, 1.82) is 5.26 Å². The lowest BCUT2D eigenvalue weighted by molar-refractivity contribution is -0.252. The van der Waals surface area contributed by atoms with Gasteiger partial charge in [-0.1, -0.05) is 60.5 Å². The lowest BCUT2D eigenvalue weighted by Crippen LogP contribution is -2.69. The van der Waals surface area contributed by atoms with Crippen LogP contribution in [0.2, 0.25) is 0 Å². The first-order valence-electron chi connectivity index (χ1n) is 22.2. The second kappa shape index (κ2) is 19.7. The van der Waals surface area contributed by atoms with E-state index in [9.17, 15) is 20.3 Å². The second-order valence-electron chi connectivity index (χ2n) is 16.9. The summed E-state index contributed by atoms with van der Waals surface area (Å²) in [6, 6.07) is 28.3. The number of hydrogen-bond donors (Lipinski definition) is 2. The van der Waals surface area contributed by atoms with Crippen LogP contribution in [0.5, 0.6) is 17.2 Å². The SMILES string of the molecule is C=CCO[C@@]12Oc3ccc(Oc4ccc5ccccc5c4)cc3[C@H]3[C@H](CCCCO)[C@@H](CCCCO)C=C(C(=NOC4CCCCO4)C[C@@H]1N(C)C(=O)c1ccc(C#N)cc1)[C@H]32. The molecule has 1 unspecified atom stereocenters. The maximum atomic E-state index is 14.6. The fraction of sp³-hybridized carbons (Fsp3) is 0.431. The second-order valence-corrected chi connectivity index (χ2v) is 16.9. The molecule has 1 saturated heterocycles. The highest BCUT2D eigenvalue weighted by Crippen LogP contribution is 2.62. The Labute approximate surface area is 364 Å². The summed E-state index contributed by atoms with van der Waals surface area (Å²) in [6.45, 7) is 4.98. The summed E-state index contributed by atoms with van der Waals surface area (Å²) in [5, 5.41) is 36.5. The summed E-state index contributed by atoms with van der Waals surface area (Å²) in [5.74, 6) is -0.185. The van der Waals surface area contributed by atoms with Crippen LogP contribution in [0.4, 0.5) is 0 Å². The molecule has 0 aromatic heterocycles. The van der Waals surface area contributed by atoms with Gasteiger partial charge >= 0.3 is 0 Å². The third-order valence-corrected chi connectivity index (χ3v) is 13.1. The summed E-state index contributed by atoms with van der Waals surface area (Å²) in [4.78, 5) is 22.6. The molecule has 2 heterocycles. The normalized spacial score (nSPS) is 25.7. The van der Waals surface area contributed by atoms with Crippen LogP contribution in [-0.2, 0) is 14.3 Å². The molecule has 2 aliphatic carbocycles. The van der Waals surface area contributed by atoms with Crippen molar-refractivity contribution in [2.45, 2.75) is 88.2 Å². The molecule has 11 heteroatoms. The van der Waals surface area contributed by atoms with E-state index < -0.39 is 24.0 Å². The molecule has 7 atom stereocenters. The topological polar surface area (TPSA) is 143 Å². The van der Waals surface area contributed by atoms with Crippen molar-refractivity contribution < 1.29 is 38.8 Å². The number of rotatable bonds is 17. The van der Waals surface area contributed by atoms with Crippen LogP contribution >= 0.6 is 0 Å². The molecule has 62 heavy (non-hydrogen) atoms. The number of benzene rings is 4. The first kappa shape index (κ1) is 43.2. The van der Waals surface area contributed by atoms with Crippen molar-refractivity contribution in [3.63, 3.8) is 0 Å². The third kappa shape index (κ3) is 8.88. The number of fused-ring (bicyclic) bond motifs is 3. The van der Waals surface area contributed by atoms with Crippen LogP contribution in [0.3, 0.4) is 0 Å². The largest absolute Gasteiger partial charge is 0.459 e. The van der Waals surface area contributed by atoms with Crippen LogP contribution in [0.1, 0.15) is 91.6 Å². The average Bonchev–Trinajstić information content (AvgIpc) is 3.31. The molecule has 0 bridgehead atoms. The number of hydrogen-bond acceptors (Lipinski definition) is 10. The number of nitriles is 1. The maximum Gasteiger partial charge on any atom is 0.254 e. The molecule has 4 aromatic carbocycles. The quantitative estimate of drug-likeness (QED) is 0.0604. The van der Waals surface area contributed by atoms with E-state index in [0.29, 0.717) is 53.5 Å². The minimum atomic E-state index is -1.40. The van der Waals surface area contributed by atoms with Crippen LogP contribution < -0.4 is 9.47 Å². The molecular formula is C51H57N3O8. The molecule has 0 spiro atoms. The van der Waals surface area contributed by atoms with Gasteiger partial charge in [-0.25, -0.2) is 0 Å². The predicted octanol–water partition coefficient (Wildman–Crippen LogP) is 9.44. The molecule has 4 aromatic rings. The summed E-state index contributed by atoms with van der Waals surface area (Å²) in [5.41, 5.74) is 3.50. The smallest absolute Gasteiger partial charge is 0.254 e. The van der Waals surface area contributed by atoms with Gasteiger partial charge in [0.25, 0.3) is 5.91 Å². The molecule has 8 rings (SSSR count). The summed E-state index contributed by atoms with van der Waals surface area (Å²) >= 11 is 0. The highest BCUT2D eigenvalue weighted by atomic mass is 16.8. The number of oxime groups is 1. The first-order chi connectivity index (χ1) is 30.4. The van der Waals surface area contributed by atoms with Crippen molar-refractivity contribution in [3.05, 3.63) is 126 Å². The van der Waals surface area contributed by atoms with E-state index in [0.717, 1.165) is 66.9 Å². The zero-order valence-electron chi connectivity index (χ0n) is 35.5. The van der Waals surface area contributed by atoms with Crippen molar-refractivity contribution in [2.75, 3.05) is 33.5 Å². The van der Waals surface area contributed by atoms with E-state index in [1.807, 2.05) is 36.4 Å². The number of allylic oxidation sites excluding steroid dienone is 1. The Morgan fingerprint density at radius 3 is 2.47 bits per heavy atom. The van der Waals surface area contributed by atoms with Gasteiger partial charge in [0.15, 0.2) is 0 Å². The predicted molar refractivity (Wildman–Crippen MR) is 237 cm³/mol. The monoisotopic (exact) mass is 839 g/mol. The van der Waals surface area contributed by atoms with E-state index in [4.69, 9.17) is 28.9 Å². The highest BCUT2D eigenvalue weighted by molar-refractivity contribution is 6.03. The van der Waals surface area contributed by atoms with E-state index in [1.165, 1.54) is 0 Å². The molecule has 11 nitrogen and oxygen atoms in total. The Hall–Kier alpha value is -5.51. The Balaban J connectivity index is 1.30. The van der Waals surface area contributed by atoms with Crippen LogP contribution in [0.25, 0.3) is 10.8 Å². The molecular weight excluding hydrogens is 783 g/mol. The van der Waals surface area contributed by atoms with Gasteiger partial charge in [-0.05, 0) is 121 Å². The Morgan fingerprint density at radius 2 is 1.73 bits per heavy atom. The third-order valence-electron chi connectivity index (χ3n) is 13.1. The number of aliphatic hydroxyl groups is 2. The van der Waals surface area contributed by atoms with Crippen LogP contribution in [0.15, 0.2) is 114 Å². The molecule has 2 N–H and O–H groups in total. The molecule has 4 aliphatic rings. The Kier molecular flexibility index (Phi) is 13.7. The number of carbonyl (C=O) groups is 1. The minimum Gasteiger partial charge on any atom is -0.459 e. The number of unbranched alkanes of at least 4 members (excludes halogenated alkanes) is 2. The molecule has 1 saturated carbocycles. The van der Waals surface area contributed by atoms with E-state index >= 15 is 0 Å². The van der Waals surface area contributed by atoms with Gasteiger partial charge in [-0.2, -0.15) is 5.26 Å². The molecule has 1 amide bonds. The maximum absolute atomic E-state index is 14.6. The van der Waals surface area contributed by atoms with Crippen molar-refractivity contribution in [3.8, 4) is 23.3 Å². The van der Waals surface area contributed by atoms with E-state index in [2.05, 4.69) is 43.0 Å². The number of nitrogens with zero attached hydrogens (tertiary/aromatic N) is 3. The Morgan fingerprint density at radius 1 is 0.968 bits per heavy atom. The lowest BCUT2D eigenvalue weighted by Gasteiger charge is -2.59. The van der Waals surface area contributed by atoms with Gasteiger partial charge in [-0.15, -0.1) is 6.58 Å². The average molecular weight is 840 g/mol. The summed E-state index contributed by atoms with van der Waals surface area (Å²) in [7, 11) is 1.77. The van der Waals surface area contributed by atoms with E-state index in [1.54, 1.807) is 42.3 Å². The minimum absolute atomic E-state index is 0.0568. The zero-order valence-corrected chi connectivity index (χ0v) is 35.5. The number of aliphatic hydroxyl groups excluding tert-OH is 2. The van der Waals surface area contributed by atoms with E-state index in [-0.39, 0.29) is 49.9 Å². The number of amides is 1. The van der Waals surface area contributed by atoms with Crippen LogP contribution in [0, 0.1) is 29.1 Å². The van der Waals surface area contributed by atoms with Gasteiger partial charge in [-0.3, -0.25) is 4.79 Å². The number of ether oxygens (including phenoxy) is 4. The fourth-order valence-electron chi connectivity index (χ4n) is 10.1. The molecule has 324 valence electrons. The number of carbonyl (C=O) groups excluding carboxylic acids is 1. The molecule has 0 radical (unpaired) electrons. The highest BCUT2D eigenvalue weighted by Gasteiger charge is 2.65. The lowest BCUT2D eigenvalue weighted by atomic mass is 9.55. The van der Waals surface area contributed by atoms with Gasteiger partial charge in [0.05, 0.1) is 36.5 Å². The summed E-state index contributed by atoms with van der Waals surface area (Å²) in [6.07, 6.45) is 11.1. The zero-order chi connectivity index (χ0) is 43.1. The van der Waals surface area contributed by atoms with Gasteiger partial charge in [0.1, 0.15) is 23.3 Å². The number of likely N-dealkylation sites (N-methyl/N-ethyl adjacent to an activating group) is 1. The van der Waals surface area contributed by atoms with Crippen molar-refractivity contribution in [2.24, 2.45) is 22.9 Å². The van der Waals surface area contributed by atoms with Crippen molar-refractivity contribution >= 4 is 22.4 Å². The molecule has 2 fully saturated rings. The van der Waals surface area contributed by atoms with Gasteiger partial charge in [0.2, 0.25) is 12.1 Å². The first-order valence-corrected chi connectivity index (χ1v) is 22.2. The Bertz CT molecular complexity index is 2310. The van der Waals surface area contributed by atoms with Gasteiger partial charge < -0.3 is 38.9 Å².